The standard InChI is InChI=1S/C8H15FN2O2S/c1-6-3-10-4-7(8(6)9)5-11-14(2,12)13/h6,10-11H,3-5H2,1-2H3. The quantitative estimate of drug-likeness (QED) is 0.706. The Morgan fingerprint density at radius 3 is 2.86 bits per heavy atom. The fourth-order valence-corrected chi connectivity index (χ4v) is 1.76. The van der Waals surface area contributed by atoms with E-state index in [-0.39, 0.29) is 18.3 Å². The molecule has 1 aliphatic rings. The van der Waals surface area contributed by atoms with Gasteiger partial charge in [0.1, 0.15) is 5.83 Å². The lowest BCUT2D eigenvalue weighted by atomic mass is 10.0. The van der Waals surface area contributed by atoms with E-state index in [2.05, 4.69) is 10.0 Å². The smallest absolute Gasteiger partial charge is 0.208 e. The van der Waals surface area contributed by atoms with Crippen molar-refractivity contribution in [3.05, 3.63) is 11.4 Å². The molecule has 0 saturated carbocycles. The fourth-order valence-electron chi connectivity index (χ4n) is 1.33. The molecule has 0 amide bonds. The van der Waals surface area contributed by atoms with Gasteiger partial charge in [-0.15, -0.1) is 0 Å². The maximum Gasteiger partial charge on any atom is 0.208 e. The van der Waals surface area contributed by atoms with Crippen molar-refractivity contribution in [3.63, 3.8) is 0 Å². The molecular weight excluding hydrogens is 207 g/mol. The van der Waals surface area contributed by atoms with E-state index in [1.807, 2.05) is 0 Å². The minimum absolute atomic E-state index is 0.0575. The van der Waals surface area contributed by atoms with Gasteiger partial charge < -0.3 is 5.32 Å². The second-order valence-corrected chi connectivity index (χ2v) is 5.41. The van der Waals surface area contributed by atoms with Gasteiger partial charge in [0.25, 0.3) is 0 Å². The molecule has 0 spiro atoms. The fraction of sp³-hybridized carbons (Fsp3) is 0.750. The van der Waals surface area contributed by atoms with E-state index >= 15 is 0 Å². The summed E-state index contributed by atoms with van der Waals surface area (Å²) < 4.78 is 37.3. The number of sulfonamides is 1. The van der Waals surface area contributed by atoms with Gasteiger partial charge >= 0.3 is 0 Å². The van der Waals surface area contributed by atoms with Gasteiger partial charge in [-0.2, -0.15) is 0 Å². The highest BCUT2D eigenvalue weighted by atomic mass is 32.2. The third kappa shape index (κ3) is 3.36. The molecule has 4 nitrogen and oxygen atoms in total. The molecule has 6 heteroatoms. The van der Waals surface area contributed by atoms with Gasteiger partial charge in [-0.3, -0.25) is 0 Å². The van der Waals surface area contributed by atoms with Crippen LogP contribution in [0.1, 0.15) is 6.92 Å². The molecule has 0 aliphatic carbocycles. The van der Waals surface area contributed by atoms with Crippen LogP contribution in [0.2, 0.25) is 0 Å². The van der Waals surface area contributed by atoms with E-state index in [0.29, 0.717) is 18.7 Å². The molecule has 1 atom stereocenters. The molecule has 0 aromatic heterocycles. The van der Waals surface area contributed by atoms with Crippen LogP contribution in [0.5, 0.6) is 0 Å². The van der Waals surface area contributed by atoms with Gasteiger partial charge in [0, 0.05) is 25.6 Å². The van der Waals surface area contributed by atoms with Crippen molar-refractivity contribution in [1.29, 1.82) is 0 Å². The minimum Gasteiger partial charge on any atom is -0.312 e. The van der Waals surface area contributed by atoms with E-state index < -0.39 is 10.0 Å². The first-order valence-electron chi connectivity index (χ1n) is 4.43. The molecule has 82 valence electrons. The van der Waals surface area contributed by atoms with E-state index in [4.69, 9.17) is 0 Å². The number of halogens is 1. The topological polar surface area (TPSA) is 58.2 Å². The molecule has 0 aromatic carbocycles. The van der Waals surface area contributed by atoms with Crippen LogP contribution in [-0.2, 0) is 10.0 Å². The molecule has 1 aliphatic heterocycles. The third-order valence-electron chi connectivity index (χ3n) is 2.11. The largest absolute Gasteiger partial charge is 0.312 e. The van der Waals surface area contributed by atoms with Crippen LogP contribution < -0.4 is 10.0 Å². The normalized spacial score (nSPS) is 24.1. The average Bonchev–Trinajstić information content (AvgIpc) is 2.06. The lowest BCUT2D eigenvalue weighted by Gasteiger charge is -2.21. The van der Waals surface area contributed by atoms with Crippen LogP contribution in [0.4, 0.5) is 4.39 Å². The van der Waals surface area contributed by atoms with E-state index in [1.54, 1.807) is 6.92 Å². The van der Waals surface area contributed by atoms with Crippen molar-refractivity contribution >= 4 is 10.0 Å². The van der Waals surface area contributed by atoms with Crippen molar-refractivity contribution in [2.75, 3.05) is 25.9 Å². The summed E-state index contributed by atoms with van der Waals surface area (Å²) in [5.74, 6) is -0.361. The Labute approximate surface area is 83.6 Å². The number of rotatable bonds is 3. The summed E-state index contributed by atoms with van der Waals surface area (Å²) in [4.78, 5) is 0. The van der Waals surface area contributed by atoms with Gasteiger partial charge in [0.2, 0.25) is 10.0 Å². The van der Waals surface area contributed by atoms with Gasteiger partial charge in [-0.25, -0.2) is 17.5 Å². The van der Waals surface area contributed by atoms with Gasteiger partial charge in [0.05, 0.1) is 6.26 Å². The van der Waals surface area contributed by atoms with Crippen molar-refractivity contribution in [2.45, 2.75) is 6.92 Å². The van der Waals surface area contributed by atoms with Crippen molar-refractivity contribution in [2.24, 2.45) is 5.92 Å². The summed E-state index contributed by atoms with van der Waals surface area (Å²) in [6.45, 7) is 2.84. The van der Waals surface area contributed by atoms with Crippen LogP contribution in [-0.4, -0.2) is 34.3 Å². The highest BCUT2D eigenvalue weighted by molar-refractivity contribution is 7.88. The SMILES string of the molecule is CC1CNCC(CNS(C)(=O)=O)=C1F. The predicted molar refractivity (Wildman–Crippen MR) is 53.0 cm³/mol. The molecule has 1 heterocycles. The van der Waals surface area contributed by atoms with Crippen molar-refractivity contribution in [1.82, 2.24) is 10.0 Å². The van der Waals surface area contributed by atoms with Crippen molar-refractivity contribution < 1.29 is 12.8 Å². The molecule has 14 heavy (non-hydrogen) atoms. The van der Waals surface area contributed by atoms with Gasteiger partial charge in [0.15, 0.2) is 0 Å². The minimum atomic E-state index is -3.24. The van der Waals surface area contributed by atoms with Gasteiger partial charge in [-0.1, -0.05) is 6.92 Å². The Morgan fingerprint density at radius 2 is 2.29 bits per heavy atom. The Balaban J connectivity index is 2.64. The molecule has 1 rings (SSSR count). The summed E-state index contributed by atoms with van der Waals surface area (Å²) in [5, 5.41) is 3.02. The zero-order chi connectivity index (χ0) is 10.8. The van der Waals surface area contributed by atoms with Crippen molar-refractivity contribution in [3.8, 4) is 0 Å². The maximum atomic E-state index is 13.4. The van der Waals surface area contributed by atoms with E-state index in [1.165, 1.54) is 0 Å². The second kappa shape index (κ2) is 4.37. The average molecular weight is 222 g/mol. The predicted octanol–water partition coefficient (Wildman–Crippen LogP) is -0.00150. The first kappa shape index (κ1) is 11.6. The van der Waals surface area contributed by atoms with E-state index in [0.717, 1.165) is 6.26 Å². The highest BCUT2D eigenvalue weighted by Gasteiger charge is 2.19. The lowest BCUT2D eigenvalue weighted by Crippen LogP contribution is -2.35. The number of hydrogen-bond donors (Lipinski definition) is 2. The third-order valence-corrected chi connectivity index (χ3v) is 2.78. The molecule has 2 N–H and O–H groups in total. The molecule has 0 bridgehead atoms. The highest BCUT2D eigenvalue weighted by Crippen LogP contribution is 2.19. The second-order valence-electron chi connectivity index (χ2n) is 3.58. The first-order valence-corrected chi connectivity index (χ1v) is 6.32. The summed E-state index contributed by atoms with van der Waals surface area (Å²) >= 11 is 0. The van der Waals surface area contributed by atoms with Crippen LogP contribution in [0.15, 0.2) is 11.4 Å². The summed E-state index contributed by atoms with van der Waals surface area (Å²) in [6.07, 6.45) is 1.06. The zero-order valence-electron chi connectivity index (χ0n) is 8.30. The van der Waals surface area contributed by atoms with Crippen LogP contribution in [0, 0.1) is 5.92 Å². The monoisotopic (exact) mass is 222 g/mol. The van der Waals surface area contributed by atoms with E-state index in [9.17, 15) is 12.8 Å². The Morgan fingerprint density at radius 1 is 1.64 bits per heavy atom. The summed E-state index contributed by atoms with van der Waals surface area (Å²) in [5.41, 5.74) is 0.495. The molecule has 0 radical (unpaired) electrons. The summed E-state index contributed by atoms with van der Waals surface area (Å²) in [6, 6.07) is 0. The first-order chi connectivity index (χ1) is 6.40. The molecular formula is C8H15FN2O2S. The lowest BCUT2D eigenvalue weighted by molar-refractivity contribution is 0.427. The number of nitrogens with one attached hydrogen (secondary N) is 2. The number of hydrogen-bond acceptors (Lipinski definition) is 3. The summed E-state index contributed by atoms with van der Waals surface area (Å²) in [7, 11) is -3.24. The van der Waals surface area contributed by atoms with Crippen LogP contribution in [0.3, 0.4) is 0 Å². The molecule has 0 fully saturated rings. The van der Waals surface area contributed by atoms with Crippen LogP contribution in [0.25, 0.3) is 0 Å². The van der Waals surface area contributed by atoms with Gasteiger partial charge in [-0.05, 0) is 5.57 Å². The molecule has 1 unspecified atom stereocenters. The Kier molecular flexibility index (Phi) is 3.63. The Hall–Kier alpha value is -0.460. The molecule has 0 saturated heterocycles. The Bertz CT molecular complexity index is 337. The zero-order valence-corrected chi connectivity index (χ0v) is 9.12. The molecule has 0 aromatic rings. The van der Waals surface area contributed by atoms with Crippen LogP contribution >= 0.6 is 0 Å². The maximum absolute atomic E-state index is 13.4.